The average molecular weight is 467 g/mol. The molecule has 136 valence electrons. The first-order chi connectivity index (χ1) is 11.1. The van der Waals surface area contributed by atoms with Gasteiger partial charge in [0, 0.05) is 19.6 Å². The van der Waals surface area contributed by atoms with Gasteiger partial charge in [-0.05, 0) is 31.4 Å². The van der Waals surface area contributed by atoms with Crippen molar-refractivity contribution in [1.29, 1.82) is 0 Å². The Labute approximate surface area is 161 Å². The van der Waals surface area contributed by atoms with E-state index < -0.39 is 9.84 Å². The first-order valence-corrected chi connectivity index (χ1v) is 9.77. The van der Waals surface area contributed by atoms with Gasteiger partial charge in [0.15, 0.2) is 15.8 Å². The Morgan fingerprint density at radius 3 is 2.67 bits per heavy atom. The summed E-state index contributed by atoms with van der Waals surface area (Å²) in [6, 6.07) is 9.73. The number of halogens is 1. The first kappa shape index (κ1) is 21.0. The molecule has 0 bridgehead atoms. The Bertz CT molecular complexity index is 608. The normalized spacial score (nSPS) is 19.4. The highest BCUT2D eigenvalue weighted by atomic mass is 127. The molecule has 1 heterocycles. The Morgan fingerprint density at radius 1 is 1.29 bits per heavy atom. The number of rotatable bonds is 7. The molecule has 6 nitrogen and oxygen atoms in total. The molecule has 1 aromatic carbocycles. The molecule has 0 aliphatic carbocycles. The molecule has 1 saturated heterocycles. The quantitative estimate of drug-likeness (QED) is 0.277. The van der Waals surface area contributed by atoms with Crippen molar-refractivity contribution in [2.45, 2.75) is 25.3 Å². The summed E-state index contributed by atoms with van der Waals surface area (Å²) in [4.78, 5) is 4.13. The molecule has 0 aromatic heterocycles. The Kier molecular flexibility index (Phi) is 9.42. The lowest BCUT2D eigenvalue weighted by molar-refractivity contribution is 0.307. The molecule has 24 heavy (non-hydrogen) atoms. The second kappa shape index (κ2) is 10.8. The van der Waals surface area contributed by atoms with Gasteiger partial charge in [0.25, 0.3) is 0 Å². The highest BCUT2D eigenvalue weighted by Crippen LogP contribution is 2.11. The van der Waals surface area contributed by atoms with Crippen LogP contribution >= 0.6 is 24.0 Å². The monoisotopic (exact) mass is 467 g/mol. The van der Waals surface area contributed by atoms with Gasteiger partial charge >= 0.3 is 0 Å². The Hall–Kier alpha value is -1.03. The highest BCUT2D eigenvalue weighted by Gasteiger charge is 2.28. The fourth-order valence-electron chi connectivity index (χ4n) is 2.44. The molecule has 1 aliphatic heterocycles. The number of unbranched alkanes of at least 4 members (excludes halogenated alkanes) is 1. The van der Waals surface area contributed by atoms with Gasteiger partial charge in [-0.2, -0.15) is 0 Å². The van der Waals surface area contributed by atoms with Crippen molar-refractivity contribution in [3.63, 3.8) is 0 Å². The Balaban J connectivity index is 0.00000288. The third kappa shape index (κ3) is 7.69. The van der Waals surface area contributed by atoms with Crippen LogP contribution in [0, 0.1) is 0 Å². The second-order valence-electron chi connectivity index (χ2n) is 5.61. The first-order valence-electron chi connectivity index (χ1n) is 7.94. The number of sulfone groups is 1. The van der Waals surface area contributed by atoms with Gasteiger partial charge in [0.2, 0.25) is 0 Å². The molecule has 8 heteroatoms. The lowest BCUT2D eigenvalue weighted by Crippen LogP contribution is -2.44. The highest BCUT2D eigenvalue weighted by molar-refractivity contribution is 14.0. The molecule has 2 N–H and O–H groups in total. The van der Waals surface area contributed by atoms with Crippen LogP contribution in [0.2, 0.25) is 0 Å². The van der Waals surface area contributed by atoms with E-state index in [0.717, 1.165) is 25.1 Å². The van der Waals surface area contributed by atoms with E-state index in [9.17, 15) is 8.42 Å². The minimum Gasteiger partial charge on any atom is -0.494 e. The summed E-state index contributed by atoms with van der Waals surface area (Å²) in [5.41, 5.74) is 0. The molecule has 1 atom stereocenters. The number of guanidine groups is 1. The molecule has 0 radical (unpaired) electrons. The molecule has 0 spiro atoms. The molecule has 1 aromatic rings. The molecular formula is C16H26IN3O3S. The molecule has 0 amide bonds. The summed E-state index contributed by atoms with van der Waals surface area (Å²) in [6.45, 7) is 1.45. The van der Waals surface area contributed by atoms with Gasteiger partial charge in [-0.3, -0.25) is 4.99 Å². The zero-order valence-corrected chi connectivity index (χ0v) is 17.0. The number of para-hydroxylation sites is 1. The molecule has 1 fully saturated rings. The summed E-state index contributed by atoms with van der Waals surface area (Å²) in [5.74, 6) is 2.01. The van der Waals surface area contributed by atoms with Crippen molar-refractivity contribution in [3.8, 4) is 5.75 Å². The fraction of sp³-hybridized carbons (Fsp3) is 0.562. The number of nitrogens with one attached hydrogen (secondary N) is 2. The van der Waals surface area contributed by atoms with Crippen LogP contribution in [-0.2, 0) is 9.84 Å². The van der Waals surface area contributed by atoms with Crippen molar-refractivity contribution in [1.82, 2.24) is 10.6 Å². The van der Waals surface area contributed by atoms with Gasteiger partial charge in [0.1, 0.15) is 5.75 Å². The summed E-state index contributed by atoms with van der Waals surface area (Å²) >= 11 is 0. The van der Waals surface area contributed by atoms with Gasteiger partial charge in [0.05, 0.1) is 18.1 Å². The number of aliphatic imine (C=N–C) groups is 1. The third-order valence-corrected chi connectivity index (χ3v) is 5.44. The Morgan fingerprint density at radius 2 is 2.04 bits per heavy atom. The largest absolute Gasteiger partial charge is 0.494 e. The number of ether oxygens (including phenoxy) is 1. The topological polar surface area (TPSA) is 79.8 Å². The maximum atomic E-state index is 11.4. The van der Waals surface area contributed by atoms with Gasteiger partial charge in [-0.1, -0.05) is 18.2 Å². The van der Waals surface area contributed by atoms with Gasteiger partial charge in [-0.15, -0.1) is 24.0 Å². The van der Waals surface area contributed by atoms with E-state index in [2.05, 4.69) is 15.6 Å². The predicted octanol–water partition coefficient (Wildman–Crippen LogP) is 1.82. The SMILES string of the molecule is CN=C(NCCCCOc1ccccc1)NC1CCS(=O)(=O)C1.I. The minimum absolute atomic E-state index is 0. The van der Waals surface area contributed by atoms with E-state index >= 15 is 0 Å². The number of hydrogen-bond acceptors (Lipinski definition) is 4. The van der Waals surface area contributed by atoms with Crippen molar-refractivity contribution in [2.75, 3.05) is 31.7 Å². The zero-order valence-electron chi connectivity index (χ0n) is 13.9. The molecule has 0 saturated carbocycles. The van der Waals surface area contributed by atoms with E-state index in [4.69, 9.17) is 4.74 Å². The summed E-state index contributed by atoms with van der Waals surface area (Å²) in [5, 5.41) is 6.38. The van der Waals surface area contributed by atoms with Crippen LogP contribution in [0.15, 0.2) is 35.3 Å². The molecule has 1 unspecified atom stereocenters. The fourth-order valence-corrected chi connectivity index (χ4v) is 4.11. The van der Waals surface area contributed by atoms with Crippen LogP contribution in [0.4, 0.5) is 0 Å². The lowest BCUT2D eigenvalue weighted by atomic mass is 10.3. The average Bonchev–Trinajstić information content (AvgIpc) is 2.89. The van der Waals surface area contributed by atoms with Crippen LogP contribution in [-0.4, -0.2) is 52.1 Å². The maximum absolute atomic E-state index is 11.4. The predicted molar refractivity (Wildman–Crippen MR) is 108 cm³/mol. The van der Waals surface area contributed by atoms with Crippen LogP contribution in [0.1, 0.15) is 19.3 Å². The number of benzene rings is 1. The summed E-state index contributed by atoms with van der Waals surface area (Å²) < 4.78 is 28.5. The maximum Gasteiger partial charge on any atom is 0.191 e. The van der Waals surface area contributed by atoms with E-state index in [-0.39, 0.29) is 41.5 Å². The van der Waals surface area contributed by atoms with Crippen LogP contribution in [0.3, 0.4) is 0 Å². The smallest absolute Gasteiger partial charge is 0.191 e. The van der Waals surface area contributed by atoms with Gasteiger partial charge in [-0.25, -0.2) is 8.42 Å². The number of nitrogens with zero attached hydrogens (tertiary/aromatic N) is 1. The van der Waals surface area contributed by atoms with Crippen molar-refractivity contribution >= 4 is 39.8 Å². The van der Waals surface area contributed by atoms with E-state index in [1.54, 1.807) is 7.05 Å². The van der Waals surface area contributed by atoms with Crippen molar-refractivity contribution in [2.24, 2.45) is 4.99 Å². The van der Waals surface area contributed by atoms with Crippen LogP contribution in [0.5, 0.6) is 5.75 Å². The molecular weight excluding hydrogens is 441 g/mol. The zero-order chi connectivity index (χ0) is 16.5. The summed E-state index contributed by atoms with van der Waals surface area (Å²) in [6.07, 6.45) is 2.54. The van der Waals surface area contributed by atoms with Gasteiger partial charge < -0.3 is 15.4 Å². The molecule has 2 rings (SSSR count). The third-order valence-electron chi connectivity index (χ3n) is 3.67. The van der Waals surface area contributed by atoms with E-state index in [0.29, 0.717) is 19.0 Å². The minimum atomic E-state index is -2.87. The van der Waals surface area contributed by atoms with Crippen LogP contribution in [0.25, 0.3) is 0 Å². The summed E-state index contributed by atoms with van der Waals surface area (Å²) in [7, 11) is -1.18. The second-order valence-corrected chi connectivity index (χ2v) is 7.84. The van der Waals surface area contributed by atoms with E-state index in [1.807, 2.05) is 30.3 Å². The van der Waals surface area contributed by atoms with E-state index in [1.165, 1.54) is 0 Å². The lowest BCUT2D eigenvalue weighted by Gasteiger charge is -2.16. The molecule has 1 aliphatic rings. The van der Waals surface area contributed by atoms with Crippen molar-refractivity contribution in [3.05, 3.63) is 30.3 Å². The van der Waals surface area contributed by atoms with Crippen LogP contribution < -0.4 is 15.4 Å². The standard InChI is InChI=1S/C16H25N3O3S.HI/c1-17-16(19-14-9-12-23(20,21)13-14)18-10-5-6-11-22-15-7-3-2-4-8-15;/h2-4,7-8,14H,5-6,9-13H2,1H3,(H2,17,18,19);1H. The van der Waals surface area contributed by atoms with Crippen molar-refractivity contribution < 1.29 is 13.2 Å². The number of hydrogen-bond donors (Lipinski definition) is 2.